The molecule has 1 rings (SSSR count). The first-order valence-electron chi connectivity index (χ1n) is 5.95. The van der Waals surface area contributed by atoms with Crippen molar-refractivity contribution in [2.45, 2.75) is 46.7 Å². The molecule has 0 spiro atoms. The van der Waals surface area contributed by atoms with Gasteiger partial charge in [0.1, 0.15) is 5.75 Å². The van der Waals surface area contributed by atoms with Gasteiger partial charge >= 0.3 is 0 Å². The van der Waals surface area contributed by atoms with E-state index in [1.807, 2.05) is 18.2 Å². The van der Waals surface area contributed by atoms with Crippen LogP contribution in [-0.2, 0) is 6.54 Å². The fourth-order valence-corrected chi connectivity index (χ4v) is 1.96. The fraction of sp³-hybridized carbons (Fsp3) is 0.571. The first kappa shape index (κ1) is 13.0. The molecular weight excluding hydrogens is 198 g/mol. The van der Waals surface area contributed by atoms with Gasteiger partial charge in [-0.3, -0.25) is 0 Å². The van der Waals surface area contributed by atoms with Gasteiger partial charge < -0.3 is 10.4 Å². The number of aromatic hydroxyl groups is 1. The van der Waals surface area contributed by atoms with Crippen LogP contribution >= 0.6 is 0 Å². The number of benzene rings is 1. The summed E-state index contributed by atoms with van der Waals surface area (Å²) in [6.45, 7) is 9.62. The van der Waals surface area contributed by atoms with E-state index in [2.05, 4.69) is 33.0 Å². The molecule has 1 unspecified atom stereocenters. The molecular formula is C14H23NO. The highest BCUT2D eigenvalue weighted by Crippen LogP contribution is 2.23. The number of phenolic OH excluding ortho intramolecular Hbond substituents is 1. The lowest BCUT2D eigenvalue weighted by atomic mass is 9.85. The summed E-state index contributed by atoms with van der Waals surface area (Å²) < 4.78 is 0. The van der Waals surface area contributed by atoms with Crippen molar-refractivity contribution >= 4 is 0 Å². The van der Waals surface area contributed by atoms with E-state index >= 15 is 0 Å². The van der Waals surface area contributed by atoms with Gasteiger partial charge in [-0.25, -0.2) is 0 Å². The number of nitrogens with one attached hydrogen (secondary N) is 1. The van der Waals surface area contributed by atoms with Crippen LogP contribution in [0.15, 0.2) is 24.3 Å². The zero-order valence-corrected chi connectivity index (χ0v) is 10.7. The first-order chi connectivity index (χ1) is 7.45. The highest BCUT2D eigenvalue weighted by Gasteiger charge is 2.22. The summed E-state index contributed by atoms with van der Waals surface area (Å²) in [6.07, 6.45) is 1.09. The van der Waals surface area contributed by atoms with Crippen molar-refractivity contribution in [3.63, 3.8) is 0 Å². The Morgan fingerprint density at radius 1 is 1.25 bits per heavy atom. The van der Waals surface area contributed by atoms with Crippen LogP contribution in [0.25, 0.3) is 0 Å². The molecule has 0 bridgehead atoms. The van der Waals surface area contributed by atoms with E-state index in [0.717, 1.165) is 18.5 Å². The summed E-state index contributed by atoms with van der Waals surface area (Å²) in [5.74, 6) is 0.374. The Labute approximate surface area is 98.7 Å². The van der Waals surface area contributed by atoms with Crippen molar-refractivity contribution in [2.75, 3.05) is 0 Å². The van der Waals surface area contributed by atoms with Gasteiger partial charge in [0.2, 0.25) is 0 Å². The number of phenols is 1. The maximum Gasteiger partial charge on any atom is 0.120 e. The van der Waals surface area contributed by atoms with Gasteiger partial charge in [-0.2, -0.15) is 0 Å². The van der Waals surface area contributed by atoms with Gasteiger partial charge in [0.05, 0.1) is 0 Å². The van der Waals surface area contributed by atoms with E-state index in [4.69, 9.17) is 0 Å². The van der Waals surface area contributed by atoms with Gasteiger partial charge in [0.15, 0.2) is 0 Å². The number of hydrogen-bond acceptors (Lipinski definition) is 2. The van der Waals surface area contributed by atoms with E-state index in [1.54, 1.807) is 6.07 Å². The molecule has 1 atom stereocenters. The monoisotopic (exact) mass is 221 g/mol. The zero-order valence-electron chi connectivity index (χ0n) is 10.7. The van der Waals surface area contributed by atoms with Crippen LogP contribution in [0, 0.1) is 5.41 Å². The third-order valence-corrected chi connectivity index (χ3v) is 2.98. The van der Waals surface area contributed by atoms with Crippen molar-refractivity contribution < 1.29 is 5.11 Å². The normalized spacial score (nSPS) is 13.8. The molecule has 0 saturated heterocycles. The van der Waals surface area contributed by atoms with Crippen molar-refractivity contribution in [1.82, 2.24) is 5.32 Å². The van der Waals surface area contributed by atoms with Crippen LogP contribution in [0.3, 0.4) is 0 Å². The van der Waals surface area contributed by atoms with E-state index in [-0.39, 0.29) is 5.41 Å². The van der Waals surface area contributed by atoms with Crippen LogP contribution in [0.5, 0.6) is 5.75 Å². The van der Waals surface area contributed by atoms with Gasteiger partial charge in [-0.1, -0.05) is 45.9 Å². The van der Waals surface area contributed by atoms with Gasteiger partial charge in [-0.15, -0.1) is 0 Å². The summed E-state index contributed by atoms with van der Waals surface area (Å²) in [4.78, 5) is 0. The Morgan fingerprint density at radius 2 is 1.88 bits per heavy atom. The van der Waals surface area contributed by atoms with Gasteiger partial charge in [0.25, 0.3) is 0 Å². The van der Waals surface area contributed by atoms with Crippen molar-refractivity contribution in [3.8, 4) is 5.75 Å². The molecule has 0 amide bonds. The summed E-state index contributed by atoms with van der Waals surface area (Å²) in [5, 5.41) is 13.2. The molecule has 1 aromatic rings. The summed E-state index contributed by atoms with van der Waals surface area (Å²) in [6, 6.07) is 7.95. The molecule has 0 heterocycles. The topological polar surface area (TPSA) is 32.3 Å². The fourth-order valence-electron chi connectivity index (χ4n) is 1.96. The minimum atomic E-state index is 0.249. The highest BCUT2D eigenvalue weighted by atomic mass is 16.3. The lowest BCUT2D eigenvalue weighted by molar-refractivity contribution is 0.259. The maximum atomic E-state index is 9.66. The molecule has 2 N–H and O–H groups in total. The third-order valence-electron chi connectivity index (χ3n) is 2.98. The lowest BCUT2D eigenvalue weighted by Crippen LogP contribution is -2.39. The lowest BCUT2D eigenvalue weighted by Gasteiger charge is -2.31. The van der Waals surface area contributed by atoms with Crippen LogP contribution in [0.2, 0.25) is 0 Å². The van der Waals surface area contributed by atoms with E-state index in [9.17, 15) is 5.11 Å². The van der Waals surface area contributed by atoms with Crippen molar-refractivity contribution in [2.24, 2.45) is 5.41 Å². The summed E-state index contributed by atoms with van der Waals surface area (Å²) in [7, 11) is 0. The average Bonchev–Trinajstić information content (AvgIpc) is 2.19. The highest BCUT2D eigenvalue weighted by molar-refractivity contribution is 5.31. The number of hydrogen-bond donors (Lipinski definition) is 2. The average molecular weight is 221 g/mol. The van der Waals surface area contributed by atoms with E-state index in [1.165, 1.54) is 0 Å². The smallest absolute Gasteiger partial charge is 0.120 e. The number of para-hydroxylation sites is 1. The Hall–Kier alpha value is -1.02. The van der Waals surface area contributed by atoms with Crippen LogP contribution in [-0.4, -0.2) is 11.1 Å². The molecule has 0 fully saturated rings. The van der Waals surface area contributed by atoms with Gasteiger partial charge in [-0.05, 0) is 17.9 Å². The Morgan fingerprint density at radius 3 is 2.38 bits per heavy atom. The molecule has 0 aliphatic carbocycles. The minimum Gasteiger partial charge on any atom is -0.508 e. The van der Waals surface area contributed by atoms with Crippen LogP contribution in [0.1, 0.15) is 39.7 Å². The Kier molecular flexibility index (Phi) is 4.36. The summed E-state index contributed by atoms with van der Waals surface area (Å²) >= 11 is 0. The molecule has 0 aliphatic heterocycles. The third kappa shape index (κ3) is 3.53. The predicted molar refractivity (Wildman–Crippen MR) is 68.5 cm³/mol. The maximum absolute atomic E-state index is 9.66. The zero-order chi connectivity index (χ0) is 12.2. The molecule has 90 valence electrons. The second-order valence-electron chi connectivity index (χ2n) is 5.34. The Balaban J connectivity index is 2.60. The predicted octanol–water partition coefficient (Wildman–Crippen LogP) is 3.31. The standard InChI is InChI=1S/C14H23NO/c1-5-13(14(2,3)4)15-10-11-8-6-7-9-12(11)16/h6-9,13,15-16H,5,10H2,1-4H3. The number of rotatable bonds is 4. The Bertz CT molecular complexity index is 328. The van der Waals surface area contributed by atoms with Crippen molar-refractivity contribution in [3.05, 3.63) is 29.8 Å². The molecule has 2 nitrogen and oxygen atoms in total. The molecule has 1 aromatic carbocycles. The minimum absolute atomic E-state index is 0.249. The van der Waals surface area contributed by atoms with E-state index in [0.29, 0.717) is 11.8 Å². The molecule has 0 radical (unpaired) electrons. The first-order valence-corrected chi connectivity index (χ1v) is 5.95. The second-order valence-corrected chi connectivity index (χ2v) is 5.34. The molecule has 0 saturated carbocycles. The molecule has 16 heavy (non-hydrogen) atoms. The SMILES string of the molecule is CCC(NCc1ccccc1O)C(C)(C)C. The largest absolute Gasteiger partial charge is 0.508 e. The molecule has 2 heteroatoms. The van der Waals surface area contributed by atoms with E-state index < -0.39 is 0 Å². The quantitative estimate of drug-likeness (QED) is 0.817. The molecule has 0 aliphatic rings. The van der Waals surface area contributed by atoms with Crippen molar-refractivity contribution in [1.29, 1.82) is 0 Å². The summed E-state index contributed by atoms with van der Waals surface area (Å²) in [5.41, 5.74) is 1.21. The van der Waals surface area contributed by atoms with Crippen LogP contribution in [0.4, 0.5) is 0 Å². The van der Waals surface area contributed by atoms with Crippen LogP contribution < -0.4 is 5.32 Å². The molecule has 0 aromatic heterocycles. The van der Waals surface area contributed by atoms with Gasteiger partial charge in [0, 0.05) is 18.2 Å². The second kappa shape index (κ2) is 5.35.